The van der Waals surface area contributed by atoms with Crippen molar-refractivity contribution in [2.75, 3.05) is 0 Å². The highest BCUT2D eigenvalue weighted by atomic mass is 79.9. The number of benzene rings is 3. The summed E-state index contributed by atoms with van der Waals surface area (Å²) in [5.41, 5.74) is 4.05. The lowest BCUT2D eigenvalue weighted by molar-refractivity contribution is -0.130. The number of hydrogen-bond donors (Lipinski definition) is 1. The summed E-state index contributed by atoms with van der Waals surface area (Å²) >= 11 is 9.84. The van der Waals surface area contributed by atoms with Gasteiger partial charge in [0.15, 0.2) is 0 Å². The van der Waals surface area contributed by atoms with Crippen molar-refractivity contribution in [3.63, 3.8) is 0 Å². The summed E-state index contributed by atoms with van der Waals surface area (Å²) in [6.07, 6.45) is 0.422. The van der Waals surface area contributed by atoms with Gasteiger partial charge >= 0.3 is 0 Å². The number of nitrogens with one attached hydrogen (secondary N) is 1. The molecule has 1 aromatic heterocycles. The van der Waals surface area contributed by atoms with Crippen LogP contribution in [0.15, 0.2) is 87.2 Å². The Morgan fingerprint density at radius 2 is 1.85 bits per heavy atom. The molecule has 5 rings (SSSR count). The maximum absolute atomic E-state index is 13.4. The van der Waals surface area contributed by atoms with E-state index in [1.165, 1.54) is 11.9 Å². The van der Waals surface area contributed by atoms with Gasteiger partial charge < -0.3 is 4.98 Å². The Morgan fingerprint density at radius 3 is 2.58 bits per heavy atom. The molecule has 3 aromatic carbocycles. The number of aromatic nitrogens is 1. The SMILES string of the molecule is CC(=O)N1N=C(c2c(-c3ccccc3)c3cc(Cl)ccc3[nH]c2=O)CC1c1cccc(Br)c1. The van der Waals surface area contributed by atoms with E-state index >= 15 is 0 Å². The van der Waals surface area contributed by atoms with Crippen LogP contribution in [0.2, 0.25) is 5.02 Å². The summed E-state index contributed by atoms with van der Waals surface area (Å²) in [5, 5.41) is 7.52. The molecule has 0 bridgehead atoms. The number of H-pyrrole nitrogens is 1. The molecule has 2 heterocycles. The van der Waals surface area contributed by atoms with Crippen LogP contribution in [0.25, 0.3) is 22.0 Å². The number of rotatable bonds is 3. The summed E-state index contributed by atoms with van der Waals surface area (Å²) in [6, 6.07) is 22.6. The van der Waals surface area contributed by atoms with Crippen molar-refractivity contribution < 1.29 is 4.79 Å². The minimum Gasteiger partial charge on any atom is -0.321 e. The summed E-state index contributed by atoms with van der Waals surface area (Å²) in [4.78, 5) is 28.9. The van der Waals surface area contributed by atoms with Gasteiger partial charge in [0.1, 0.15) is 0 Å². The minimum absolute atomic E-state index is 0.184. The van der Waals surface area contributed by atoms with Crippen molar-refractivity contribution in [1.29, 1.82) is 0 Å². The number of carbonyl (C=O) groups excluding carboxylic acids is 1. The van der Waals surface area contributed by atoms with Gasteiger partial charge in [0, 0.05) is 39.3 Å². The third-order valence-corrected chi connectivity index (χ3v) is 6.52. The molecule has 5 nitrogen and oxygen atoms in total. The van der Waals surface area contributed by atoms with Crippen LogP contribution in [-0.4, -0.2) is 21.6 Å². The first-order valence-corrected chi connectivity index (χ1v) is 11.6. The van der Waals surface area contributed by atoms with Crippen molar-refractivity contribution in [1.82, 2.24) is 9.99 Å². The normalized spacial score (nSPS) is 15.7. The van der Waals surface area contributed by atoms with Gasteiger partial charge in [-0.2, -0.15) is 5.10 Å². The largest absolute Gasteiger partial charge is 0.321 e. The number of amides is 1. The topological polar surface area (TPSA) is 65.5 Å². The molecule has 0 radical (unpaired) electrons. The number of carbonyl (C=O) groups is 1. The van der Waals surface area contributed by atoms with E-state index in [1.807, 2.05) is 60.7 Å². The van der Waals surface area contributed by atoms with Crippen LogP contribution >= 0.6 is 27.5 Å². The third-order valence-electron chi connectivity index (χ3n) is 5.79. The lowest BCUT2D eigenvalue weighted by Crippen LogP contribution is -2.24. The quantitative estimate of drug-likeness (QED) is 0.344. The number of pyridine rings is 1. The van der Waals surface area contributed by atoms with E-state index < -0.39 is 0 Å². The highest BCUT2D eigenvalue weighted by molar-refractivity contribution is 9.10. The first-order chi connectivity index (χ1) is 15.9. The molecule has 0 spiro atoms. The zero-order chi connectivity index (χ0) is 23.1. The molecule has 0 fully saturated rings. The fourth-order valence-electron chi connectivity index (χ4n) is 4.37. The number of hydrogen-bond acceptors (Lipinski definition) is 3. The van der Waals surface area contributed by atoms with Gasteiger partial charge in [-0.15, -0.1) is 0 Å². The maximum Gasteiger partial charge on any atom is 0.258 e. The molecule has 164 valence electrons. The Morgan fingerprint density at radius 1 is 1.06 bits per heavy atom. The van der Waals surface area contributed by atoms with Crippen molar-refractivity contribution in [3.05, 3.63) is 104 Å². The zero-order valence-electron chi connectivity index (χ0n) is 17.7. The summed E-state index contributed by atoms with van der Waals surface area (Å²) in [5.74, 6) is -0.184. The van der Waals surface area contributed by atoms with E-state index in [9.17, 15) is 9.59 Å². The van der Waals surface area contributed by atoms with Crippen LogP contribution in [0.4, 0.5) is 0 Å². The third kappa shape index (κ3) is 4.01. The van der Waals surface area contributed by atoms with Crippen molar-refractivity contribution in [3.8, 4) is 11.1 Å². The van der Waals surface area contributed by atoms with Crippen LogP contribution < -0.4 is 5.56 Å². The van der Waals surface area contributed by atoms with Crippen LogP contribution in [0, 0.1) is 0 Å². The summed E-state index contributed by atoms with van der Waals surface area (Å²) in [7, 11) is 0. The average molecular weight is 521 g/mol. The molecule has 0 aliphatic carbocycles. The molecular weight excluding hydrogens is 502 g/mol. The Balaban J connectivity index is 1.75. The fraction of sp³-hybridized carbons (Fsp3) is 0.115. The van der Waals surface area contributed by atoms with Gasteiger partial charge in [-0.1, -0.05) is 70.0 Å². The van der Waals surface area contributed by atoms with Crippen LogP contribution in [-0.2, 0) is 4.79 Å². The van der Waals surface area contributed by atoms with Crippen molar-refractivity contribution in [2.45, 2.75) is 19.4 Å². The average Bonchev–Trinajstić information content (AvgIpc) is 3.24. The van der Waals surface area contributed by atoms with Gasteiger partial charge in [-0.05, 0) is 41.5 Å². The van der Waals surface area contributed by atoms with E-state index in [2.05, 4.69) is 26.0 Å². The molecule has 0 saturated heterocycles. The van der Waals surface area contributed by atoms with Gasteiger partial charge in [0.25, 0.3) is 5.56 Å². The predicted octanol–water partition coefficient (Wildman–Crippen LogP) is 6.31. The molecular formula is C26H19BrClN3O2. The lowest BCUT2D eigenvalue weighted by atomic mass is 9.91. The Hall–Kier alpha value is -3.22. The van der Waals surface area contributed by atoms with E-state index in [-0.39, 0.29) is 17.5 Å². The molecule has 4 aromatic rings. The molecule has 7 heteroatoms. The molecule has 0 saturated carbocycles. The van der Waals surface area contributed by atoms with E-state index in [0.29, 0.717) is 28.2 Å². The monoisotopic (exact) mass is 519 g/mol. The van der Waals surface area contributed by atoms with Crippen molar-refractivity contribution >= 4 is 50.1 Å². The van der Waals surface area contributed by atoms with Gasteiger partial charge in [-0.25, -0.2) is 5.01 Å². The van der Waals surface area contributed by atoms with Crippen LogP contribution in [0.5, 0.6) is 0 Å². The Bertz CT molecular complexity index is 1480. The van der Waals surface area contributed by atoms with Gasteiger partial charge in [-0.3, -0.25) is 9.59 Å². The first-order valence-electron chi connectivity index (χ1n) is 10.5. The standard InChI is InChI=1S/C26H19BrClN3O2/c1-15(32)31-23(17-8-5-9-18(27)12-17)14-22(30-31)25-24(16-6-3-2-4-7-16)20-13-19(28)10-11-21(20)29-26(25)33/h2-13,23H,14H2,1H3,(H,29,33). The second-order valence-electron chi connectivity index (χ2n) is 7.95. The second kappa shape index (κ2) is 8.61. The Kier molecular flexibility index (Phi) is 5.64. The first kappa shape index (κ1) is 21.6. The summed E-state index contributed by atoms with van der Waals surface area (Å²) < 4.78 is 0.917. The number of hydrazone groups is 1. The fourth-order valence-corrected chi connectivity index (χ4v) is 4.96. The number of aromatic amines is 1. The Labute approximate surface area is 203 Å². The molecule has 33 heavy (non-hydrogen) atoms. The molecule has 1 N–H and O–H groups in total. The van der Waals surface area contributed by atoms with E-state index in [1.54, 1.807) is 12.1 Å². The highest BCUT2D eigenvalue weighted by Crippen LogP contribution is 2.37. The molecule has 1 atom stereocenters. The smallest absolute Gasteiger partial charge is 0.258 e. The molecule has 1 aliphatic rings. The molecule has 1 amide bonds. The van der Waals surface area contributed by atoms with Crippen LogP contribution in [0.1, 0.15) is 30.5 Å². The molecule has 1 aliphatic heterocycles. The maximum atomic E-state index is 13.4. The number of nitrogens with zero attached hydrogens (tertiary/aromatic N) is 2. The van der Waals surface area contributed by atoms with Gasteiger partial charge in [0.2, 0.25) is 5.91 Å². The van der Waals surface area contributed by atoms with Crippen LogP contribution in [0.3, 0.4) is 0 Å². The zero-order valence-corrected chi connectivity index (χ0v) is 20.0. The van der Waals surface area contributed by atoms with Crippen molar-refractivity contribution in [2.24, 2.45) is 5.10 Å². The lowest BCUT2D eigenvalue weighted by Gasteiger charge is -2.20. The summed E-state index contributed by atoms with van der Waals surface area (Å²) in [6.45, 7) is 1.49. The number of halogens is 2. The van der Waals surface area contributed by atoms with E-state index in [4.69, 9.17) is 11.6 Å². The van der Waals surface area contributed by atoms with Gasteiger partial charge in [0.05, 0.1) is 17.3 Å². The highest BCUT2D eigenvalue weighted by Gasteiger charge is 2.34. The number of fused-ring (bicyclic) bond motifs is 1. The molecule has 1 unspecified atom stereocenters. The van der Waals surface area contributed by atoms with E-state index in [0.717, 1.165) is 26.5 Å². The predicted molar refractivity (Wildman–Crippen MR) is 136 cm³/mol. The second-order valence-corrected chi connectivity index (χ2v) is 9.30. The minimum atomic E-state index is -0.298.